The number of carbonyl (C=O) groups is 1. The van der Waals surface area contributed by atoms with Crippen LogP contribution in [0.25, 0.3) is 0 Å². The van der Waals surface area contributed by atoms with E-state index >= 15 is 0 Å². The summed E-state index contributed by atoms with van der Waals surface area (Å²) in [5, 5.41) is 0. The van der Waals surface area contributed by atoms with Gasteiger partial charge in [0.2, 0.25) is 5.91 Å². The molecule has 2 aromatic rings. The molecule has 6 nitrogen and oxygen atoms in total. The maximum absolute atomic E-state index is 14.3. The summed E-state index contributed by atoms with van der Waals surface area (Å²) in [4.78, 5) is 16.2. The number of fused-ring (bicyclic) bond motifs is 3. The van der Waals surface area contributed by atoms with Gasteiger partial charge in [-0.05, 0) is 6.92 Å². The number of nitrogens with zero attached hydrogens (tertiary/aromatic N) is 1. The normalized spacial score (nSPS) is 30.4. The molecule has 3 aliphatic heterocycles. The molecule has 0 spiro atoms. The van der Waals surface area contributed by atoms with E-state index in [0.29, 0.717) is 13.2 Å². The van der Waals surface area contributed by atoms with Gasteiger partial charge in [0.15, 0.2) is 12.6 Å². The summed E-state index contributed by atoms with van der Waals surface area (Å²) < 4.78 is 25.6. The van der Waals surface area contributed by atoms with Gasteiger partial charge < -0.3 is 23.8 Å². The molecule has 0 bridgehead atoms. The topological polar surface area (TPSA) is 57.2 Å². The van der Waals surface area contributed by atoms with E-state index < -0.39 is 20.7 Å². The molecular weight excluding hydrogens is 506 g/mol. The molecule has 5 rings (SSSR count). The average molecular weight is 548 g/mol. The van der Waals surface area contributed by atoms with Gasteiger partial charge in [0.05, 0.1) is 33.4 Å². The first-order valence-electron chi connectivity index (χ1n) is 13.9. The highest BCUT2D eigenvalue weighted by Crippen LogP contribution is 2.44. The maximum atomic E-state index is 14.3. The Morgan fingerprint density at radius 1 is 0.897 bits per heavy atom. The highest BCUT2D eigenvalue weighted by molar-refractivity contribution is 6.80. The average Bonchev–Trinajstić information content (AvgIpc) is 3.25. The lowest BCUT2D eigenvalue weighted by Gasteiger charge is -2.38. The van der Waals surface area contributed by atoms with Crippen molar-refractivity contribution in [3.63, 3.8) is 0 Å². The van der Waals surface area contributed by atoms with Crippen molar-refractivity contribution in [1.29, 1.82) is 0 Å². The third-order valence-electron chi connectivity index (χ3n) is 7.89. The van der Waals surface area contributed by atoms with Crippen LogP contribution in [0.1, 0.15) is 37.6 Å². The van der Waals surface area contributed by atoms with Crippen molar-refractivity contribution in [3.05, 3.63) is 95.7 Å². The standard InChI is InChI=1S/C32H41NO5Si/c1-21(2)25(17-18-39(4,5)6)22(3)30(34)33-26-19-35-31(23-13-9-7-10-14-23)37-28(26)29-27(33)20-36-32(38-29)24-15-11-8-12-16-24/h7-18,22,25-29,31-32H,1,19-20H2,2-6H3/b18-17+/t22-,25-,26-,27-,28+,29+,31+,32+/m0/s1. The van der Waals surface area contributed by atoms with Crippen LogP contribution in [0, 0.1) is 11.8 Å². The van der Waals surface area contributed by atoms with Gasteiger partial charge in [-0.15, -0.1) is 0 Å². The van der Waals surface area contributed by atoms with Crippen molar-refractivity contribution in [1.82, 2.24) is 4.90 Å². The number of ether oxygens (including phenoxy) is 4. The van der Waals surface area contributed by atoms with Crippen LogP contribution < -0.4 is 0 Å². The van der Waals surface area contributed by atoms with Crippen molar-refractivity contribution in [3.8, 4) is 0 Å². The van der Waals surface area contributed by atoms with Crippen molar-refractivity contribution in [2.24, 2.45) is 11.8 Å². The van der Waals surface area contributed by atoms with Crippen LogP contribution in [0.5, 0.6) is 0 Å². The van der Waals surface area contributed by atoms with Crippen molar-refractivity contribution < 1.29 is 23.7 Å². The first kappa shape index (κ1) is 28.0. The van der Waals surface area contributed by atoms with Crippen molar-refractivity contribution in [2.75, 3.05) is 13.2 Å². The first-order chi connectivity index (χ1) is 18.6. The molecular formula is C32H41NO5Si. The summed E-state index contributed by atoms with van der Waals surface area (Å²) >= 11 is 0. The lowest BCUT2D eigenvalue weighted by molar-refractivity contribution is -0.278. The Balaban J connectivity index is 1.43. The number of likely N-dealkylation sites (tertiary alicyclic amines) is 1. The Bertz CT molecular complexity index is 1120. The second-order valence-electron chi connectivity index (χ2n) is 12.1. The fraction of sp³-hybridized carbons (Fsp3) is 0.469. The van der Waals surface area contributed by atoms with E-state index in [4.69, 9.17) is 18.9 Å². The Morgan fingerprint density at radius 3 is 1.77 bits per heavy atom. The number of benzene rings is 2. The predicted molar refractivity (Wildman–Crippen MR) is 154 cm³/mol. The number of hydrogen-bond donors (Lipinski definition) is 0. The number of amides is 1. The maximum Gasteiger partial charge on any atom is 0.227 e. The summed E-state index contributed by atoms with van der Waals surface area (Å²) in [5.41, 5.74) is 5.20. The Hall–Kier alpha value is -2.55. The van der Waals surface area contributed by atoms with E-state index in [1.807, 2.05) is 79.4 Å². The zero-order valence-electron chi connectivity index (χ0n) is 23.7. The quantitative estimate of drug-likeness (QED) is 0.312. The van der Waals surface area contributed by atoms with Gasteiger partial charge in [-0.25, -0.2) is 0 Å². The molecule has 8 atom stereocenters. The minimum absolute atomic E-state index is 0.0493. The van der Waals surface area contributed by atoms with Crippen LogP contribution in [0.2, 0.25) is 19.6 Å². The number of hydrogen-bond acceptors (Lipinski definition) is 5. The van der Waals surface area contributed by atoms with Gasteiger partial charge in [0.1, 0.15) is 12.2 Å². The molecule has 7 heteroatoms. The van der Waals surface area contributed by atoms with Crippen LogP contribution in [0.15, 0.2) is 84.6 Å². The lowest BCUT2D eigenvalue weighted by Crippen LogP contribution is -2.52. The number of rotatable bonds is 7. The predicted octanol–water partition coefficient (Wildman–Crippen LogP) is 6.06. The molecule has 3 heterocycles. The molecule has 0 radical (unpaired) electrons. The summed E-state index contributed by atoms with van der Waals surface area (Å²) in [6, 6.07) is 19.3. The van der Waals surface area contributed by atoms with Crippen LogP contribution >= 0.6 is 0 Å². The molecule has 0 unspecified atom stereocenters. The van der Waals surface area contributed by atoms with Gasteiger partial charge in [-0.3, -0.25) is 4.79 Å². The van der Waals surface area contributed by atoms with Gasteiger partial charge in [0.25, 0.3) is 0 Å². The molecule has 208 valence electrons. The summed E-state index contributed by atoms with van der Waals surface area (Å²) in [6.07, 6.45) is 0.512. The molecule has 0 aliphatic carbocycles. The lowest BCUT2D eigenvalue weighted by atomic mass is 9.87. The van der Waals surface area contributed by atoms with Gasteiger partial charge in [-0.1, -0.05) is 111 Å². The van der Waals surface area contributed by atoms with Crippen LogP contribution in [-0.4, -0.2) is 56.4 Å². The van der Waals surface area contributed by atoms with Gasteiger partial charge in [-0.2, -0.15) is 0 Å². The molecule has 2 aromatic carbocycles. The molecule has 3 fully saturated rings. The highest BCUT2D eigenvalue weighted by Gasteiger charge is 2.58. The second kappa shape index (κ2) is 11.5. The zero-order valence-corrected chi connectivity index (χ0v) is 24.7. The van der Waals surface area contributed by atoms with E-state index in [9.17, 15) is 4.79 Å². The van der Waals surface area contributed by atoms with Crippen molar-refractivity contribution >= 4 is 14.0 Å². The fourth-order valence-electron chi connectivity index (χ4n) is 5.86. The third kappa shape index (κ3) is 5.98. The SMILES string of the molecule is C=C(C)[C@H](/C=C/[Si](C)(C)C)[C@H](C)C(=O)N1[C@H]2CO[C@@H](c3ccccc3)O[C@H]2[C@@H]2O[C@H](c3ccccc3)OC[C@@H]21. The van der Waals surface area contributed by atoms with E-state index in [1.165, 1.54) is 0 Å². The molecule has 1 amide bonds. The molecule has 39 heavy (non-hydrogen) atoms. The molecule has 0 aromatic heterocycles. The first-order valence-corrected chi connectivity index (χ1v) is 17.5. The number of carbonyl (C=O) groups excluding carboxylic acids is 1. The third-order valence-corrected chi connectivity index (χ3v) is 9.09. The van der Waals surface area contributed by atoms with E-state index in [1.54, 1.807) is 0 Å². The van der Waals surface area contributed by atoms with Crippen LogP contribution in [0.3, 0.4) is 0 Å². The molecule has 0 saturated carbocycles. The monoisotopic (exact) mass is 547 g/mol. The zero-order chi connectivity index (χ0) is 27.7. The largest absolute Gasteiger partial charge is 0.346 e. The van der Waals surface area contributed by atoms with E-state index in [2.05, 4.69) is 38.0 Å². The summed E-state index contributed by atoms with van der Waals surface area (Å²) in [6.45, 7) is 15.9. The minimum atomic E-state index is -1.44. The van der Waals surface area contributed by atoms with Gasteiger partial charge >= 0.3 is 0 Å². The Kier molecular flexibility index (Phi) is 8.26. The van der Waals surface area contributed by atoms with Crippen LogP contribution in [-0.2, 0) is 23.7 Å². The summed E-state index contributed by atoms with van der Waals surface area (Å²) in [5.74, 6) is -0.277. The molecule has 3 aliphatic rings. The number of allylic oxidation sites excluding steroid dienone is 2. The van der Waals surface area contributed by atoms with Crippen LogP contribution in [0.4, 0.5) is 0 Å². The Labute approximate surface area is 233 Å². The Morgan fingerprint density at radius 2 is 1.36 bits per heavy atom. The second-order valence-corrected chi connectivity index (χ2v) is 17.2. The highest BCUT2D eigenvalue weighted by atomic mass is 28.3. The minimum Gasteiger partial charge on any atom is -0.346 e. The van der Waals surface area contributed by atoms with E-state index in [-0.39, 0.29) is 42.0 Å². The van der Waals surface area contributed by atoms with E-state index in [0.717, 1.165) is 16.7 Å². The molecule has 3 saturated heterocycles. The molecule has 0 N–H and O–H groups in total. The fourth-order valence-corrected chi connectivity index (χ4v) is 6.64. The summed E-state index contributed by atoms with van der Waals surface area (Å²) in [7, 11) is -1.44. The van der Waals surface area contributed by atoms with Crippen molar-refractivity contribution in [2.45, 2.75) is 70.4 Å². The van der Waals surface area contributed by atoms with Gasteiger partial charge in [0, 0.05) is 23.0 Å². The smallest absolute Gasteiger partial charge is 0.227 e.